The monoisotopic (exact) mass is 615 g/mol. The topological polar surface area (TPSA) is 71.3 Å². The van der Waals surface area contributed by atoms with Crippen molar-refractivity contribution in [1.29, 1.82) is 0 Å². The molecule has 2 heterocycles. The van der Waals surface area contributed by atoms with Gasteiger partial charge in [-0.15, -0.1) is 10.2 Å². The van der Waals surface area contributed by atoms with Crippen LogP contribution in [-0.2, 0) is 10.2 Å². The SMILES string of the molecule is CC1CN(C(=O)CCCSc2nnc(-c3ccc(Cl)cc3)n2-c2ccccc2)CCN1C(=O)c1ccc(C(C)(C)C)cc1. The van der Waals surface area contributed by atoms with Crippen LogP contribution in [0.15, 0.2) is 84.0 Å². The summed E-state index contributed by atoms with van der Waals surface area (Å²) in [4.78, 5) is 30.1. The third-order valence-electron chi connectivity index (χ3n) is 7.76. The average molecular weight is 616 g/mol. The van der Waals surface area contributed by atoms with Crippen molar-refractivity contribution in [2.45, 2.75) is 57.1 Å². The van der Waals surface area contributed by atoms with Crippen LogP contribution in [-0.4, -0.2) is 67.8 Å². The van der Waals surface area contributed by atoms with Gasteiger partial charge in [0.15, 0.2) is 11.0 Å². The van der Waals surface area contributed by atoms with Crippen LogP contribution in [0.4, 0.5) is 0 Å². The number of nitrogens with zero attached hydrogens (tertiary/aromatic N) is 5. The summed E-state index contributed by atoms with van der Waals surface area (Å²) in [7, 11) is 0. The molecule has 4 aromatic rings. The second-order valence-electron chi connectivity index (χ2n) is 12.0. The second kappa shape index (κ2) is 13.3. The van der Waals surface area contributed by atoms with Gasteiger partial charge in [0.1, 0.15) is 0 Å². The Morgan fingerprint density at radius 1 is 0.930 bits per heavy atom. The van der Waals surface area contributed by atoms with Crippen molar-refractivity contribution in [2.75, 3.05) is 25.4 Å². The summed E-state index contributed by atoms with van der Waals surface area (Å²) < 4.78 is 2.05. The van der Waals surface area contributed by atoms with E-state index in [1.807, 2.05) is 100 Å². The van der Waals surface area contributed by atoms with Crippen molar-refractivity contribution < 1.29 is 9.59 Å². The first-order chi connectivity index (χ1) is 20.6. The maximum absolute atomic E-state index is 13.2. The zero-order valence-corrected chi connectivity index (χ0v) is 26.7. The molecule has 0 spiro atoms. The molecule has 1 fully saturated rings. The highest BCUT2D eigenvalue weighted by Crippen LogP contribution is 2.29. The summed E-state index contributed by atoms with van der Waals surface area (Å²) >= 11 is 7.70. The van der Waals surface area contributed by atoms with E-state index in [0.29, 0.717) is 36.6 Å². The van der Waals surface area contributed by atoms with E-state index in [-0.39, 0.29) is 23.3 Å². The van der Waals surface area contributed by atoms with Crippen molar-refractivity contribution in [3.05, 3.63) is 95.0 Å². The average Bonchev–Trinajstić information content (AvgIpc) is 3.43. The zero-order chi connectivity index (χ0) is 30.6. The predicted octanol–water partition coefficient (Wildman–Crippen LogP) is 7.13. The molecule has 1 atom stereocenters. The lowest BCUT2D eigenvalue weighted by molar-refractivity contribution is -0.133. The standard InChI is InChI=1S/C34H38ClN5O2S/c1-24-23-38(20-21-39(24)32(42)26-12-16-27(17-13-26)34(2,3)4)30(41)11-8-22-43-33-37-36-31(25-14-18-28(35)19-15-25)40(33)29-9-6-5-7-10-29/h5-7,9-10,12-19,24H,8,11,20-23H2,1-4H3. The molecule has 43 heavy (non-hydrogen) atoms. The van der Waals surface area contributed by atoms with Gasteiger partial charge < -0.3 is 9.80 Å². The molecule has 2 amide bonds. The van der Waals surface area contributed by atoms with Crippen LogP contribution in [0.1, 0.15) is 56.5 Å². The maximum atomic E-state index is 13.2. The van der Waals surface area contributed by atoms with E-state index in [0.717, 1.165) is 34.4 Å². The molecule has 1 saturated heterocycles. The molecule has 9 heteroatoms. The fourth-order valence-corrected chi connectivity index (χ4v) is 6.29. The van der Waals surface area contributed by atoms with E-state index in [1.165, 1.54) is 5.56 Å². The van der Waals surface area contributed by atoms with Crippen LogP contribution in [0.25, 0.3) is 17.1 Å². The highest BCUT2D eigenvalue weighted by atomic mass is 35.5. The molecule has 0 N–H and O–H groups in total. The second-order valence-corrected chi connectivity index (χ2v) is 13.4. The van der Waals surface area contributed by atoms with Crippen LogP contribution in [0, 0.1) is 0 Å². The van der Waals surface area contributed by atoms with E-state index in [2.05, 4.69) is 31.0 Å². The van der Waals surface area contributed by atoms with Crippen molar-refractivity contribution in [1.82, 2.24) is 24.6 Å². The molecule has 224 valence electrons. The molecule has 0 aliphatic carbocycles. The normalized spacial score (nSPS) is 15.5. The molecule has 0 saturated carbocycles. The van der Waals surface area contributed by atoms with Crippen molar-refractivity contribution in [3.63, 3.8) is 0 Å². The Hall–Kier alpha value is -3.62. The molecule has 1 aliphatic heterocycles. The highest BCUT2D eigenvalue weighted by molar-refractivity contribution is 7.99. The number of halogens is 1. The number of aromatic nitrogens is 3. The van der Waals surface area contributed by atoms with Crippen molar-refractivity contribution in [3.8, 4) is 17.1 Å². The molecule has 1 unspecified atom stereocenters. The zero-order valence-electron chi connectivity index (χ0n) is 25.2. The van der Waals surface area contributed by atoms with Crippen molar-refractivity contribution >= 4 is 35.2 Å². The van der Waals surface area contributed by atoms with Gasteiger partial charge in [0.2, 0.25) is 5.91 Å². The minimum Gasteiger partial charge on any atom is -0.339 e. The number of rotatable bonds is 8. The number of carbonyl (C=O) groups excluding carboxylic acids is 2. The molecule has 3 aromatic carbocycles. The highest BCUT2D eigenvalue weighted by Gasteiger charge is 2.30. The van der Waals surface area contributed by atoms with Gasteiger partial charge in [0, 0.05) is 59.7 Å². The predicted molar refractivity (Wildman–Crippen MR) is 174 cm³/mol. The number of hydrogen-bond acceptors (Lipinski definition) is 5. The lowest BCUT2D eigenvalue weighted by Gasteiger charge is -2.40. The molecule has 5 rings (SSSR count). The Labute approximate surface area is 263 Å². The third-order valence-corrected chi connectivity index (χ3v) is 9.02. The number of carbonyl (C=O) groups is 2. The smallest absolute Gasteiger partial charge is 0.254 e. The fourth-order valence-electron chi connectivity index (χ4n) is 5.27. The van der Waals surface area contributed by atoms with Crippen LogP contribution in [0.3, 0.4) is 0 Å². The number of para-hydroxylation sites is 1. The number of piperazine rings is 1. The third kappa shape index (κ3) is 7.31. The van der Waals surface area contributed by atoms with E-state index >= 15 is 0 Å². The first-order valence-electron chi connectivity index (χ1n) is 14.7. The van der Waals surface area contributed by atoms with Crippen LogP contribution in [0.5, 0.6) is 0 Å². The molecular weight excluding hydrogens is 578 g/mol. The Morgan fingerprint density at radius 3 is 2.28 bits per heavy atom. The summed E-state index contributed by atoms with van der Waals surface area (Å²) in [6.07, 6.45) is 1.17. The van der Waals surface area contributed by atoms with E-state index in [1.54, 1.807) is 11.8 Å². The first-order valence-corrected chi connectivity index (χ1v) is 16.1. The summed E-state index contributed by atoms with van der Waals surface area (Å²) in [6, 6.07) is 25.5. The minimum atomic E-state index is -0.0439. The van der Waals surface area contributed by atoms with Crippen LogP contribution >= 0.6 is 23.4 Å². The van der Waals surface area contributed by atoms with E-state index in [9.17, 15) is 9.59 Å². The summed E-state index contributed by atoms with van der Waals surface area (Å²) in [5.41, 5.74) is 3.84. The van der Waals surface area contributed by atoms with Gasteiger partial charge in [-0.1, -0.05) is 74.5 Å². The van der Waals surface area contributed by atoms with Gasteiger partial charge in [-0.25, -0.2) is 0 Å². The van der Waals surface area contributed by atoms with Gasteiger partial charge in [-0.05, 0) is 72.9 Å². The fraction of sp³-hybridized carbons (Fsp3) is 0.353. The van der Waals surface area contributed by atoms with E-state index < -0.39 is 0 Å². The molecule has 1 aromatic heterocycles. The molecule has 7 nitrogen and oxygen atoms in total. The van der Waals surface area contributed by atoms with Gasteiger partial charge >= 0.3 is 0 Å². The number of amides is 2. The van der Waals surface area contributed by atoms with E-state index in [4.69, 9.17) is 11.6 Å². The Bertz CT molecular complexity index is 1550. The minimum absolute atomic E-state index is 0.0250. The summed E-state index contributed by atoms with van der Waals surface area (Å²) in [5, 5.41) is 10.4. The Balaban J connectivity index is 1.15. The Morgan fingerprint density at radius 2 is 1.63 bits per heavy atom. The number of thioether (sulfide) groups is 1. The first kappa shape index (κ1) is 30.8. The Kier molecular flexibility index (Phi) is 9.57. The molecule has 0 radical (unpaired) electrons. The van der Waals surface area contributed by atoms with Gasteiger partial charge in [0.25, 0.3) is 5.91 Å². The summed E-state index contributed by atoms with van der Waals surface area (Å²) in [5.74, 6) is 1.63. The van der Waals surface area contributed by atoms with Gasteiger partial charge in [-0.2, -0.15) is 0 Å². The van der Waals surface area contributed by atoms with Gasteiger partial charge in [-0.3, -0.25) is 14.2 Å². The van der Waals surface area contributed by atoms with Crippen molar-refractivity contribution in [2.24, 2.45) is 0 Å². The van der Waals surface area contributed by atoms with Gasteiger partial charge in [0.05, 0.1) is 0 Å². The number of benzene rings is 3. The maximum Gasteiger partial charge on any atom is 0.254 e. The molecule has 0 bridgehead atoms. The largest absolute Gasteiger partial charge is 0.339 e. The number of hydrogen-bond donors (Lipinski definition) is 0. The lowest BCUT2D eigenvalue weighted by Crippen LogP contribution is -2.55. The molecule has 1 aliphatic rings. The lowest BCUT2D eigenvalue weighted by atomic mass is 9.86. The summed E-state index contributed by atoms with van der Waals surface area (Å²) in [6.45, 7) is 10.1. The molecular formula is C34H38ClN5O2S. The van der Waals surface area contributed by atoms with Crippen LogP contribution in [0.2, 0.25) is 5.02 Å². The van der Waals surface area contributed by atoms with Crippen LogP contribution < -0.4 is 0 Å². The quantitative estimate of drug-likeness (QED) is 0.156.